The number of benzene rings is 1. The Hall–Kier alpha value is -1.61. The van der Waals surface area contributed by atoms with Crippen LogP contribution in [0.5, 0.6) is 0 Å². The van der Waals surface area contributed by atoms with E-state index in [9.17, 15) is 4.79 Å². The Morgan fingerprint density at radius 2 is 1.94 bits per heavy atom. The highest BCUT2D eigenvalue weighted by Gasteiger charge is 2.04. The van der Waals surface area contributed by atoms with Crippen LogP contribution in [0.4, 0.5) is 5.69 Å². The number of hydrogen-bond donors (Lipinski definition) is 1. The highest BCUT2D eigenvalue weighted by atomic mass is 32.1. The molecule has 88 valence electrons. The molecular formula is C14H15NOS. The number of rotatable bonds is 4. The summed E-state index contributed by atoms with van der Waals surface area (Å²) in [4.78, 5) is 11.7. The van der Waals surface area contributed by atoms with Crippen molar-refractivity contribution in [2.75, 3.05) is 5.32 Å². The molecule has 2 rings (SSSR count). The van der Waals surface area contributed by atoms with E-state index in [1.54, 1.807) is 11.3 Å². The Morgan fingerprint density at radius 1 is 1.18 bits per heavy atom. The van der Waals surface area contributed by atoms with Crippen molar-refractivity contribution in [3.8, 4) is 0 Å². The molecule has 0 spiro atoms. The van der Waals surface area contributed by atoms with Crippen LogP contribution in [0.3, 0.4) is 0 Å². The lowest BCUT2D eigenvalue weighted by Gasteiger charge is -2.05. The normalized spacial score (nSPS) is 10.2. The zero-order valence-corrected chi connectivity index (χ0v) is 10.6. The lowest BCUT2D eigenvalue weighted by atomic mass is 10.1. The molecule has 2 nitrogen and oxygen atoms in total. The molecule has 0 bridgehead atoms. The van der Waals surface area contributed by atoms with Gasteiger partial charge in [-0.2, -0.15) is 11.3 Å². The Morgan fingerprint density at radius 3 is 2.53 bits per heavy atom. The van der Waals surface area contributed by atoms with Crippen molar-refractivity contribution in [1.29, 1.82) is 0 Å². The van der Waals surface area contributed by atoms with Gasteiger partial charge in [0.25, 0.3) is 0 Å². The third-order valence-electron chi connectivity index (χ3n) is 2.59. The maximum Gasteiger partial charge on any atom is 0.228 e. The number of hydrogen-bond acceptors (Lipinski definition) is 2. The molecule has 0 saturated heterocycles. The summed E-state index contributed by atoms with van der Waals surface area (Å²) in [6, 6.07) is 9.96. The van der Waals surface area contributed by atoms with Crippen LogP contribution in [-0.4, -0.2) is 5.91 Å². The summed E-state index contributed by atoms with van der Waals surface area (Å²) in [5.41, 5.74) is 3.21. The lowest BCUT2D eigenvalue weighted by molar-refractivity contribution is -0.115. The van der Waals surface area contributed by atoms with Crippen LogP contribution >= 0.6 is 11.3 Å². The maximum absolute atomic E-state index is 11.7. The average Bonchev–Trinajstić information content (AvgIpc) is 2.82. The van der Waals surface area contributed by atoms with Crippen molar-refractivity contribution in [3.63, 3.8) is 0 Å². The highest BCUT2D eigenvalue weighted by Crippen LogP contribution is 2.12. The zero-order chi connectivity index (χ0) is 12.1. The molecule has 1 aromatic carbocycles. The Balaban J connectivity index is 1.93. The van der Waals surface area contributed by atoms with Gasteiger partial charge < -0.3 is 5.32 Å². The fourth-order valence-electron chi connectivity index (χ4n) is 1.61. The third-order valence-corrected chi connectivity index (χ3v) is 3.32. The minimum absolute atomic E-state index is 0.0349. The molecule has 1 amide bonds. The van der Waals surface area contributed by atoms with Crippen LogP contribution in [0.2, 0.25) is 0 Å². The fourth-order valence-corrected chi connectivity index (χ4v) is 2.28. The van der Waals surface area contributed by atoms with Gasteiger partial charge in [-0.05, 0) is 46.5 Å². The van der Waals surface area contributed by atoms with Crippen LogP contribution < -0.4 is 5.32 Å². The van der Waals surface area contributed by atoms with Crippen molar-refractivity contribution in [2.24, 2.45) is 0 Å². The fraction of sp³-hybridized carbons (Fsp3) is 0.214. The quantitative estimate of drug-likeness (QED) is 0.877. The van der Waals surface area contributed by atoms with Gasteiger partial charge in [-0.3, -0.25) is 4.79 Å². The van der Waals surface area contributed by atoms with Gasteiger partial charge in [-0.25, -0.2) is 0 Å². The summed E-state index contributed by atoms with van der Waals surface area (Å²) in [6.45, 7) is 2.12. The van der Waals surface area contributed by atoms with E-state index in [1.807, 2.05) is 41.1 Å². The first-order chi connectivity index (χ1) is 8.28. The zero-order valence-electron chi connectivity index (χ0n) is 9.77. The van der Waals surface area contributed by atoms with Gasteiger partial charge in [0.15, 0.2) is 0 Å². The van der Waals surface area contributed by atoms with Crippen LogP contribution in [-0.2, 0) is 17.6 Å². The number of carbonyl (C=O) groups is 1. The van der Waals surface area contributed by atoms with Crippen molar-refractivity contribution in [1.82, 2.24) is 0 Å². The van der Waals surface area contributed by atoms with Crippen LogP contribution in [0.25, 0.3) is 0 Å². The number of amides is 1. The SMILES string of the molecule is CCc1ccc(NC(=O)Cc2ccsc2)cc1. The molecule has 0 aliphatic carbocycles. The second-order valence-corrected chi connectivity index (χ2v) is 4.69. The van der Waals surface area contributed by atoms with Crippen molar-refractivity contribution >= 4 is 22.9 Å². The minimum atomic E-state index is 0.0349. The van der Waals surface area contributed by atoms with E-state index in [0.29, 0.717) is 6.42 Å². The molecule has 1 aromatic heterocycles. The molecule has 0 fully saturated rings. The molecule has 0 unspecified atom stereocenters. The number of carbonyl (C=O) groups excluding carboxylic acids is 1. The Labute approximate surface area is 105 Å². The van der Waals surface area contributed by atoms with Gasteiger partial charge in [0, 0.05) is 5.69 Å². The second kappa shape index (κ2) is 5.64. The largest absolute Gasteiger partial charge is 0.326 e. The van der Waals surface area contributed by atoms with E-state index in [2.05, 4.69) is 12.2 Å². The van der Waals surface area contributed by atoms with E-state index in [0.717, 1.165) is 17.7 Å². The molecule has 1 heterocycles. The van der Waals surface area contributed by atoms with Crippen LogP contribution in [0.1, 0.15) is 18.1 Å². The lowest BCUT2D eigenvalue weighted by Crippen LogP contribution is -2.13. The standard InChI is InChI=1S/C14H15NOS/c1-2-11-3-5-13(6-4-11)15-14(16)9-12-7-8-17-10-12/h3-8,10H,2,9H2,1H3,(H,15,16). The third kappa shape index (κ3) is 3.43. The molecule has 17 heavy (non-hydrogen) atoms. The van der Waals surface area contributed by atoms with E-state index >= 15 is 0 Å². The number of aryl methyl sites for hydroxylation is 1. The molecule has 0 saturated carbocycles. The smallest absolute Gasteiger partial charge is 0.228 e. The number of nitrogens with one attached hydrogen (secondary N) is 1. The summed E-state index contributed by atoms with van der Waals surface area (Å²) in [5.74, 6) is 0.0349. The molecule has 0 radical (unpaired) electrons. The monoisotopic (exact) mass is 245 g/mol. The molecule has 0 aliphatic heterocycles. The summed E-state index contributed by atoms with van der Waals surface area (Å²) in [7, 11) is 0. The van der Waals surface area contributed by atoms with Gasteiger partial charge in [0.05, 0.1) is 6.42 Å². The molecule has 3 heteroatoms. The number of anilines is 1. The Bertz CT molecular complexity index is 473. The minimum Gasteiger partial charge on any atom is -0.326 e. The maximum atomic E-state index is 11.7. The summed E-state index contributed by atoms with van der Waals surface area (Å²) in [5, 5.41) is 6.88. The van der Waals surface area contributed by atoms with Gasteiger partial charge in [0.1, 0.15) is 0 Å². The molecule has 2 aromatic rings. The van der Waals surface area contributed by atoms with E-state index in [1.165, 1.54) is 5.56 Å². The van der Waals surface area contributed by atoms with E-state index in [4.69, 9.17) is 0 Å². The van der Waals surface area contributed by atoms with Gasteiger partial charge in [-0.1, -0.05) is 19.1 Å². The van der Waals surface area contributed by atoms with Gasteiger partial charge >= 0.3 is 0 Å². The first-order valence-electron chi connectivity index (χ1n) is 5.68. The van der Waals surface area contributed by atoms with Crippen LogP contribution in [0, 0.1) is 0 Å². The first kappa shape index (κ1) is 11.9. The summed E-state index contributed by atoms with van der Waals surface area (Å²) in [6.07, 6.45) is 1.46. The first-order valence-corrected chi connectivity index (χ1v) is 6.62. The van der Waals surface area contributed by atoms with Crippen molar-refractivity contribution < 1.29 is 4.79 Å². The van der Waals surface area contributed by atoms with Gasteiger partial charge in [0.2, 0.25) is 5.91 Å². The summed E-state index contributed by atoms with van der Waals surface area (Å²) < 4.78 is 0. The second-order valence-electron chi connectivity index (χ2n) is 3.91. The molecular weight excluding hydrogens is 230 g/mol. The van der Waals surface area contributed by atoms with E-state index < -0.39 is 0 Å². The molecule has 0 atom stereocenters. The topological polar surface area (TPSA) is 29.1 Å². The molecule has 0 aliphatic rings. The van der Waals surface area contributed by atoms with Gasteiger partial charge in [-0.15, -0.1) is 0 Å². The summed E-state index contributed by atoms with van der Waals surface area (Å²) >= 11 is 1.61. The predicted molar refractivity (Wildman–Crippen MR) is 72.5 cm³/mol. The molecule has 1 N–H and O–H groups in total. The Kier molecular flexibility index (Phi) is 3.94. The van der Waals surface area contributed by atoms with Crippen LogP contribution in [0.15, 0.2) is 41.1 Å². The average molecular weight is 245 g/mol. The predicted octanol–water partition coefficient (Wildman–Crippen LogP) is 3.49. The van der Waals surface area contributed by atoms with E-state index in [-0.39, 0.29) is 5.91 Å². The number of thiophene rings is 1. The van der Waals surface area contributed by atoms with Crippen molar-refractivity contribution in [2.45, 2.75) is 19.8 Å². The highest BCUT2D eigenvalue weighted by molar-refractivity contribution is 7.08. The van der Waals surface area contributed by atoms with Crippen molar-refractivity contribution in [3.05, 3.63) is 52.2 Å².